The molecule has 2 amide bonds. The predicted molar refractivity (Wildman–Crippen MR) is 47.3 cm³/mol. The van der Waals surface area contributed by atoms with Crippen LogP contribution in [0, 0.1) is 0 Å². The largest absolute Gasteiger partial charge is 0.405 e. The maximum absolute atomic E-state index is 11.7. The number of carbonyl (C=O) groups excluding carboxylic acids is 1. The van der Waals surface area contributed by atoms with Crippen molar-refractivity contribution in [2.45, 2.75) is 12.7 Å². The molecule has 0 aliphatic carbocycles. The number of amides is 2. The number of aryl methyl sites for hydroxylation is 1. The highest BCUT2D eigenvalue weighted by atomic mass is 19.4. The summed E-state index contributed by atoms with van der Waals surface area (Å²) in [7, 11) is 1.66. The van der Waals surface area contributed by atoms with E-state index in [2.05, 4.69) is 15.5 Å². The number of hydrogen-bond donors (Lipinski definition) is 2. The molecule has 0 unspecified atom stereocenters. The van der Waals surface area contributed by atoms with Crippen molar-refractivity contribution in [1.82, 2.24) is 25.4 Å². The van der Waals surface area contributed by atoms with Gasteiger partial charge in [0, 0.05) is 7.05 Å². The van der Waals surface area contributed by atoms with Crippen LogP contribution in [0.4, 0.5) is 18.0 Å². The number of nitrogens with zero attached hydrogens (tertiary/aromatic N) is 3. The number of nitrogens with one attached hydrogen (secondary N) is 2. The molecule has 0 atom stereocenters. The van der Waals surface area contributed by atoms with E-state index >= 15 is 0 Å². The summed E-state index contributed by atoms with van der Waals surface area (Å²) in [5.74, 6) is 0.446. The van der Waals surface area contributed by atoms with Crippen LogP contribution in [-0.2, 0) is 13.6 Å². The summed E-state index contributed by atoms with van der Waals surface area (Å²) in [6.45, 7) is -1.35. The second-order valence-corrected chi connectivity index (χ2v) is 3.01. The standard InChI is InChI=1S/C7H10F3N5O/c1-15-4-13-14-5(15)2-11-6(16)12-3-7(8,9)10/h4H,2-3H2,1H3,(H2,11,12,16). The molecule has 0 radical (unpaired) electrons. The molecular formula is C7H10F3N5O. The Morgan fingerprint density at radius 3 is 2.69 bits per heavy atom. The van der Waals surface area contributed by atoms with Crippen LogP contribution in [0.3, 0.4) is 0 Å². The molecule has 90 valence electrons. The fourth-order valence-electron chi connectivity index (χ4n) is 0.870. The predicted octanol–water partition coefficient (Wildman–Crippen LogP) is 0.177. The molecule has 0 aliphatic heterocycles. The normalized spacial score (nSPS) is 11.2. The van der Waals surface area contributed by atoms with Gasteiger partial charge in [0.25, 0.3) is 0 Å². The Hall–Kier alpha value is -1.80. The van der Waals surface area contributed by atoms with Gasteiger partial charge in [-0.2, -0.15) is 13.2 Å². The van der Waals surface area contributed by atoms with E-state index < -0.39 is 18.8 Å². The minimum atomic E-state index is -4.41. The highest BCUT2D eigenvalue weighted by Crippen LogP contribution is 2.11. The lowest BCUT2D eigenvalue weighted by atomic mass is 10.5. The molecule has 9 heteroatoms. The zero-order valence-corrected chi connectivity index (χ0v) is 8.38. The maximum Gasteiger partial charge on any atom is 0.405 e. The Balaban J connectivity index is 2.29. The van der Waals surface area contributed by atoms with E-state index in [1.807, 2.05) is 0 Å². The molecule has 0 fully saturated rings. The molecular weight excluding hydrogens is 227 g/mol. The van der Waals surface area contributed by atoms with E-state index in [4.69, 9.17) is 0 Å². The molecule has 0 saturated carbocycles. The lowest BCUT2D eigenvalue weighted by molar-refractivity contribution is -0.122. The second kappa shape index (κ2) is 4.81. The maximum atomic E-state index is 11.7. The van der Waals surface area contributed by atoms with Gasteiger partial charge >= 0.3 is 12.2 Å². The van der Waals surface area contributed by atoms with E-state index in [0.717, 1.165) is 0 Å². The Bertz CT molecular complexity index is 361. The molecule has 1 aromatic heterocycles. The van der Waals surface area contributed by atoms with Crippen LogP contribution in [0.15, 0.2) is 6.33 Å². The topological polar surface area (TPSA) is 71.8 Å². The van der Waals surface area contributed by atoms with Crippen molar-refractivity contribution in [2.75, 3.05) is 6.54 Å². The Morgan fingerprint density at radius 2 is 2.19 bits per heavy atom. The smallest absolute Gasteiger partial charge is 0.331 e. The average molecular weight is 237 g/mol. The van der Waals surface area contributed by atoms with Crippen LogP contribution in [0.2, 0.25) is 0 Å². The molecule has 1 rings (SSSR count). The number of aromatic nitrogens is 3. The van der Waals surface area contributed by atoms with E-state index in [0.29, 0.717) is 5.82 Å². The van der Waals surface area contributed by atoms with Crippen LogP contribution < -0.4 is 10.6 Å². The monoisotopic (exact) mass is 237 g/mol. The highest BCUT2D eigenvalue weighted by Gasteiger charge is 2.27. The van der Waals surface area contributed by atoms with Gasteiger partial charge in [0.15, 0.2) is 5.82 Å². The van der Waals surface area contributed by atoms with Gasteiger partial charge in [-0.05, 0) is 0 Å². The van der Waals surface area contributed by atoms with Gasteiger partial charge in [0.2, 0.25) is 0 Å². The van der Waals surface area contributed by atoms with Gasteiger partial charge in [-0.15, -0.1) is 10.2 Å². The van der Waals surface area contributed by atoms with Crippen LogP contribution >= 0.6 is 0 Å². The Kier molecular flexibility index (Phi) is 3.69. The first-order chi connectivity index (χ1) is 7.38. The van der Waals surface area contributed by atoms with Crippen LogP contribution in [0.25, 0.3) is 0 Å². The quantitative estimate of drug-likeness (QED) is 0.787. The second-order valence-electron chi connectivity index (χ2n) is 3.01. The SMILES string of the molecule is Cn1cnnc1CNC(=O)NCC(F)(F)F. The van der Waals surface area contributed by atoms with Crippen molar-refractivity contribution in [3.63, 3.8) is 0 Å². The van der Waals surface area contributed by atoms with Gasteiger partial charge in [-0.3, -0.25) is 0 Å². The van der Waals surface area contributed by atoms with E-state index in [1.165, 1.54) is 6.33 Å². The highest BCUT2D eigenvalue weighted by molar-refractivity contribution is 5.73. The van der Waals surface area contributed by atoms with Crippen molar-refractivity contribution in [1.29, 1.82) is 0 Å². The van der Waals surface area contributed by atoms with E-state index in [-0.39, 0.29) is 6.54 Å². The fourth-order valence-corrected chi connectivity index (χ4v) is 0.870. The fraction of sp³-hybridized carbons (Fsp3) is 0.571. The van der Waals surface area contributed by atoms with Crippen LogP contribution in [0.1, 0.15) is 5.82 Å². The lowest BCUT2D eigenvalue weighted by Crippen LogP contribution is -2.40. The number of carbonyl (C=O) groups is 1. The molecule has 0 aromatic carbocycles. The van der Waals surface area contributed by atoms with Crippen LogP contribution in [-0.4, -0.2) is 33.5 Å². The summed E-state index contributed by atoms with van der Waals surface area (Å²) in [4.78, 5) is 10.9. The number of urea groups is 1. The summed E-state index contributed by atoms with van der Waals surface area (Å²) in [6, 6.07) is -0.902. The molecule has 0 saturated heterocycles. The molecule has 16 heavy (non-hydrogen) atoms. The molecule has 0 spiro atoms. The Labute approximate surface area is 88.8 Å². The number of hydrogen-bond acceptors (Lipinski definition) is 3. The zero-order chi connectivity index (χ0) is 12.2. The zero-order valence-electron chi connectivity index (χ0n) is 8.38. The van der Waals surface area contributed by atoms with Gasteiger partial charge in [-0.25, -0.2) is 4.79 Å². The third-order valence-electron chi connectivity index (χ3n) is 1.66. The first kappa shape index (κ1) is 12.3. The van der Waals surface area contributed by atoms with Crippen molar-refractivity contribution in [2.24, 2.45) is 7.05 Å². The number of halogens is 3. The summed E-state index contributed by atoms with van der Waals surface area (Å²) in [5, 5.41) is 11.1. The number of rotatable bonds is 3. The van der Waals surface area contributed by atoms with Crippen LogP contribution in [0.5, 0.6) is 0 Å². The minimum Gasteiger partial charge on any atom is -0.331 e. The van der Waals surface area contributed by atoms with E-state index in [9.17, 15) is 18.0 Å². The summed E-state index contributed by atoms with van der Waals surface area (Å²) in [5.41, 5.74) is 0. The van der Waals surface area contributed by atoms with Gasteiger partial charge in [0.1, 0.15) is 12.9 Å². The minimum absolute atomic E-state index is 0.0141. The molecule has 1 heterocycles. The third kappa shape index (κ3) is 4.15. The Morgan fingerprint density at radius 1 is 1.50 bits per heavy atom. The molecule has 0 aliphatic rings. The van der Waals surface area contributed by atoms with Crippen molar-refractivity contribution in [3.8, 4) is 0 Å². The number of alkyl halides is 3. The summed E-state index contributed by atoms with van der Waals surface area (Å²) in [6.07, 6.45) is -2.99. The van der Waals surface area contributed by atoms with Gasteiger partial charge in [-0.1, -0.05) is 0 Å². The van der Waals surface area contributed by atoms with Gasteiger partial charge < -0.3 is 15.2 Å². The molecule has 6 nitrogen and oxygen atoms in total. The summed E-state index contributed by atoms with van der Waals surface area (Å²) < 4.78 is 36.7. The lowest BCUT2D eigenvalue weighted by Gasteiger charge is -2.09. The van der Waals surface area contributed by atoms with Crippen molar-refractivity contribution >= 4 is 6.03 Å². The molecule has 0 bridgehead atoms. The summed E-state index contributed by atoms with van der Waals surface area (Å²) >= 11 is 0. The first-order valence-electron chi connectivity index (χ1n) is 4.30. The average Bonchev–Trinajstić information content (AvgIpc) is 2.57. The first-order valence-corrected chi connectivity index (χ1v) is 4.30. The molecule has 2 N–H and O–H groups in total. The van der Waals surface area contributed by atoms with E-state index in [1.54, 1.807) is 16.9 Å². The van der Waals surface area contributed by atoms with Gasteiger partial charge in [0.05, 0.1) is 6.54 Å². The molecule has 1 aromatic rings. The third-order valence-corrected chi connectivity index (χ3v) is 1.66. The van der Waals surface area contributed by atoms with Crippen molar-refractivity contribution in [3.05, 3.63) is 12.2 Å². The van der Waals surface area contributed by atoms with Crippen molar-refractivity contribution < 1.29 is 18.0 Å².